The number of hydrogen-bond acceptors (Lipinski definition) is 5. The molecule has 0 bridgehead atoms. The van der Waals surface area contributed by atoms with E-state index in [0.29, 0.717) is 23.4 Å². The summed E-state index contributed by atoms with van der Waals surface area (Å²) in [6.45, 7) is 0. The smallest absolute Gasteiger partial charge is 0.269 e. The molecule has 1 heterocycles. The van der Waals surface area contributed by atoms with E-state index < -0.39 is 11.0 Å². The number of allylic oxidation sites excluding steroid dienone is 1. The maximum atomic E-state index is 13.5. The zero-order valence-corrected chi connectivity index (χ0v) is 17.8. The lowest BCUT2D eigenvalue weighted by atomic mass is 9.78. The van der Waals surface area contributed by atoms with Crippen LogP contribution in [-0.4, -0.2) is 10.7 Å². The molecule has 3 aromatic rings. The van der Waals surface area contributed by atoms with Gasteiger partial charge < -0.3 is 10.6 Å². The number of carbonyl (C=O) groups excluding carboxylic acids is 1. The van der Waals surface area contributed by atoms with Crippen LogP contribution in [0.25, 0.3) is 0 Å². The highest BCUT2D eigenvalue weighted by atomic mass is 35.5. The Morgan fingerprint density at radius 2 is 1.59 bits per heavy atom. The van der Waals surface area contributed by atoms with Crippen molar-refractivity contribution >= 4 is 34.4 Å². The first-order chi connectivity index (χ1) is 15.5. The van der Waals surface area contributed by atoms with Crippen molar-refractivity contribution in [3.8, 4) is 0 Å². The number of nitro benzene ring substituents is 1. The quantitative estimate of drug-likeness (QED) is 0.369. The topological polar surface area (TPSA) is 84.3 Å². The van der Waals surface area contributed by atoms with Crippen molar-refractivity contribution in [3.05, 3.63) is 110 Å². The molecule has 3 aromatic carbocycles. The lowest BCUT2D eigenvalue weighted by Gasteiger charge is -2.30. The van der Waals surface area contributed by atoms with Crippen molar-refractivity contribution in [1.29, 1.82) is 0 Å². The molecule has 0 aromatic heterocycles. The Bertz CT molecular complexity index is 1250. The third kappa shape index (κ3) is 3.63. The molecule has 0 saturated heterocycles. The van der Waals surface area contributed by atoms with E-state index in [1.54, 1.807) is 12.1 Å². The molecule has 0 saturated carbocycles. The second kappa shape index (κ2) is 8.13. The van der Waals surface area contributed by atoms with Crippen molar-refractivity contribution in [2.75, 3.05) is 10.6 Å². The molecule has 1 aliphatic carbocycles. The fraction of sp³-hybridized carbons (Fsp3) is 0.160. The number of Topliss-reactive ketones (excluding diaryl/α,β-unsaturated/α-hetero) is 1. The van der Waals surface area contributed by atoms with Gasteiger partial charge in [0.2, 0.25) is 0 Å². The van der Waals surface area contributed by atoms with Gasteiger partial charge in [0.15, 0.2) is 5.78 Å². The van der Waals surface area contributed by atoms with Crippen LogP contribution in [0.3, 0.4) is 0 Å². The molecule has 0 fully saturated rings. The van der Waals surface area contributed by atoms with Crippen molar-refractivity contribution in [3.63, 3.8) is 0 Å². The van der Waals surface area contributed by atoms with E-state index >= 15 is 0 Å². The van der Waals surface area contributed by atoms with Gasteiger partial charge in [-0.25, -0.2) is 0 Å². The van der Waals surface area contributed by atoms with Gasteiger partial charge in [0.1, 0.15) is 0 Å². The maximum Gasteiger partial charge on any atom is 0.269 e. The van der Waals surface area contributed by atoms with E-state index in [0.717, 1.165) is 28.2 Å². The zero-order chi connectivity index (χ0) is 22.2. The zero-order valence-electron chi connectivity index (χ0n) is 17.0. The van der Waals surface area contributed by atoms with Crippen LogP contribution < -0.4 is 10.6 Å². The van der Waals surface area contributed by atoms with Crippen LogP contribution in [0.2, 0.25) is 5.02 Å². The van der Waals surface area contributed by atoms with Crippen molar-refractivity contribution in [2.45, 2.75) is 24.8 Å². The number of nitrogens with one attached hydrogen (secondary N) is 2. The van der Waals surface area contributed by atoms with Crippen molar-refractivity contribution in [2.24, 2.45) is 0 Å². The van der Waals surface area contributed by atoms with Crippen LogP contribution in [0.5, 0.6) is 0 Å². The third-order valence-electron chi connectivity index (χ3n) is 6.09. The fourth-order valence-corrected chi connectivity index (χ4v) is 4.85. The average Bonchev–Trinajstić information content (AvgIpc) is 2.96. The number of hydrogen-bond donors (Lipinski definition) is 2. The van der Waals surface area contributed by atoms with E-state index in [1.165, 1.54) is 12.1 Å². The van der Waals surface area contributed by atoms with Gasteiger partial charge in [-0.3, -0.25) is 14.9 Å². The molecule has 2 N–H and O–H groups in total. The summed E-state index contributed by atoms with van der Waals surface area (Å²) in [5.41, 5.74) is 5.05. The van der Waals surface area contributed by atoms with Gasteiger partial charge in [0.25, 0.3) is 5.69 Å². The molecule has 2 aliphatic rings. The number of anilines is 2. The van der Waals surface area contributed by atoms with Crippen molar-refractivity contribution < 1.29 is 9.72 Å². The third-order valence-corrected chi connectivity index (χ3v) is 6.44. The second-order valence-electron chi connectivity index (χ2n) is 8.04. The number of carbonyl (C=O) groups is 1. The Labute approximate surface area is 190 Å². The number of rotatable bonds is 3. The van der Waals surface area contributed by atoms with Gasteiger partial charge in [-0.2, -0.15) is 0 Å². The number of fused-ring (bicyclic) bond motifs is 1. The lowest BCUT2D eigenvalue weighted by Crippen LogP contribution is -2.27. The maximum absolute atomic E-state index is 13.5. The van der Waals surface area contributed by atoms with Gasteiger partial charge >= 0.3 is 0 Å². The number of nitrogens with zero attached hydrogens (tertiary/aromatic N) is 1. The minimum atomic E-state index is -0.425. The second-order valence-corrected chi connectivity index (χ2v) is 8.45. The van der Waals surface area contributed by atoms with Crippen LogP contribution in [0.4, 0.5) is 17.1 Å². The highest BCUT2D eigenvalue weighted by molar-refractivity contribution is 6.31. The molecule has 0 spiro atoms. The van der Waals surface area contributed by atoms with Crippen LogP contribution in [-0.2, 0) is 4.79 Å². The molecule has 32 heavy (non-hydrogen) atoms. The summed E-state index contributed by atoms with van der Waals surface area (Å²) in [6.07, 6.45) is 0.996. The molecule has 7 heteroatoms. The first kappa shape index (κ1) is 20.3. The van der Waals surface area contributed by atoms with Gasteiger partial charge in [-0.05, 0) is 53.8 Å². The standard InChI is InChI=1S/C25H20ClN3O3/c26-19-6-2-1-5-18(19)16-13-22-24(23(30)14-16)25(15-9-11-17(12-10-15)29(31)32)28-21-8-4-3-7-20(21)27-22/h1-12,16,25,27-28H,13-14H2. The molecule has 2 unspecified atom stereocenters. The average molecular weight is 446 g/mol. The number of non-ortho nitro benzene ring substituents is 1. The van der Waals surface area contributed by atoms with E-state index in [9.17, 15) is 14.9 Å². The van der Waals surface area contributed by atoms with Gasteiger partial charge in [0, 0.05) is 34.8 Å². The van der Waals surface area contributed by atoms with E-state index in [4.69, 9.17) is 11.6 Å². The molecule has 2 atom stereocenters. The molecular weight excluding hydrogens is 426 g/mol. The molecule has 5 rings (SSSR count). The van der Waals surface area contributed by atoms with Crippen LogP contribution >= 0.6 is 11.6 Å². The lowest BCUT2D eigenvalue weighted by molar-refractivity contribution is -0.384. The summed E-state index contributed by atoms with van der Waals surface area (Å²) in [6, 6.07) is 21.4. The highest BCUT2D eigenvalue weighted by Crippen LogP contribution is 2.45. The Morgan fingerprint density at radius 3 is 2.31 bits per heavy atom. The van der Waals surface area contributed by atoms with Gasteiger partial charge in [-0.1, -0.05) is 41.9 Å². The first-order valence-electron chi connectivity index (χ1n) is 10.4. The van der Waals surface area contributed by atoms with Crippen LogP contribution in [0, 0.1) is 10.1 Å². The largest absolute Gasteiger partial charge is 0.372 e. The first-order valence-corrected chi connectivity index (χ1v) is 10.8. The van der Waals surface area contributed by atoms with Crippen LogP contribution in [0.15, 0.2) is 84.1 Å². The van der Waals surface area contributed by atoms with E-state index in [-0.39, 0.29) is 17.4 Å². The fourth-order valence-electron chi connectivity index (χ4n) is 4.56. The minimum absolute atomic E-state index is 0.0175. The van der Waals surface area contributed by atoms with E-state index in [1.807, 2.05) is 48.5 Å². The summed E-state index contributed by atoms with van der Waals surface area (Å²) in [4.78, 5) is 24.2. The summed E-state index contributed by atoms with van der Waals surface area (Å²) >= 11 is 6.44. The molecule has 160 valence electrons. The van der Waals surface area contributed by atoms with Gasteiger partial charge in [-0.15, -0.1) is 0 Å². The van der Waals surface area contributed by atoms with E-state index in [2.05, 4.69) is 10.6 Å². The molecule has 0 radical (unpaired) electrons. The normalized spacial score (nSPS) is 19.8. The Kier molecular flexibility index (Phi) is 5.15. The number of nitro groups is 1. The Balaban J connectivity index is 1.60. The molecule has 1 aliphatic heterocycles. The van der Waals surface area contributed by atoms with Crippen LogP contribution in [0.1, 0.15) is 35.9 Å². The molecular formula is C25H20ClN3O3. The minimum Gasteiger partial charge on any atom is -0.372 e. The summed E-state index contributed by atoms with van der Waals surface area (Å²) in [5.74, 6) is 0.0116. The number of para-hydroxylation sites is 2. The predicted octanol–water partition coefficient (Wildman–Crippen LogP) is 6.23. The summed E-state index contributed by atoms with van der Waals surface area (Å²) in [5, 5.41) is 18.7. The number of halogens is 1. The SMILES string of the molecule is O=C1CC(c2ccccc2Cl)CC2=C1C(c1ccc([N+](=O)[O-])cc1)Nc1ccccc1N2. The Morgan fingerprint density at radius 1 is 0.906 bits per heavy atom. The monoisotopic (exact) mass is 445 g/mol. The summed E-state index contributed by atoms with van der Waals surface area (Å²) < 4.78 is 0. The predicted molar refractivity (Wildman–Crippen MR) is 125 cm³/mol. The highest BCUT2D eigenvalue weighted by Gasteiger charge is 2.36. The van der Waals surface area contributed by atoms with Crippen molar-refractivity contribution in [1.82, 2.24) is 0 Å². The molecule has 0 amide bonds. The number of ketones is 1. The number of benzene rings is 3. The summed E-state index contributed by atoms with van der Waals surface area (Å²) in [7, 11) is 0. The van der Waals surface area contributed by atoms with Gasteiger partial charge in [0.05, 0.1) is 22.3 Å². The molecule has 6 nitrogen and oxygen atoms in total. The Hall–Kier alpha value is -3.64.